The van der Waals surface area contributed by atoms with Gasteiger partial charge in [-0.05, 0) is 12.8 Å². The van der Waals surface area contributed by atoms with Crippen molar-refractivity contribution in [1.82, 2.24) is 15.8 Å². The molecule has 1 saturated heterocycles. The normalized spacial score (nSPS) is 19.6. The zero-order valence-corrected chi connectivity index (χ0v) is 10.1. The minimum Gasteiger partial charge on any atom is -0.341 e. The average molecular weight is 227 g/mol. The molecule has 0 aromatic heterocycles. The van der Waals surface area contributed by atoms with Crippen molar-refractivity contribution in [2.45, 2.75) is 45.6 Å². The molecule has 0 spiro atoms. The first-order chi connectivity index (χ1) is 7.69. The van der Waals surface area contributed by atoms with Gasteiger partial charge in [-0.15, -0.1) is 0 Å². The summed E-state index contributed by atoms with van der Waals surface area (Å²) in [4.78, 5) is 24.9. The van der Waals surface area contributed by atoms with Gasteiger partial charge in [0.25, 0.3) is 0 Å². The van der Waals surface area contributed by atoms with E-state index >= 15 is 0 Å². The highest BCUT2D eigenvalue weighted by Gasteiger charge is 2.30. The van der Waals surface area contributed by atoms with Crippen LogP contribution in [0.3, 0.4) is 0 Å². The van der Waals surface area contributed by atoms with Crippen molar-refractivity contribution >= 4 is 11.8 Å². The second kappa shape index (κ2) is 6.48. The summed E-state index contributed by atoms with van der Waals surface area (Å²) in [6.45, 7) is 5.71. The number of amides is 2. The fraction of sp³-hybridized carbons (Fsp3) is 0.818. The van der Waals surface area contributed by atoms with Gasteiger partial charge in [-0.2, -0.15) is 0 Å². The van der Waals surface area contributed by atoms with Gasteiger partial charge in [-0.25, -0.2) is 5.43 Å². The van der Waals surface area contributed by atoms with Crippen LogP contribution < -0.4 is 10.9 Å². The third kappa shape index (κ3) is 3.48. The Morgan fingerprint density at radius 2 is 2.12 bits per heavy atom. The summed E-state index contributed by atoms with van der Waals surface area (Å²) in [5.74, 6) is -0.0704. The van der Waals surface area contributed by atoms with E-state index in [2.05, 4.69) is 24.7 Å². The van der Waals surface area contributed by atoms with Crippen molar-refractivity contribution in [2.75, 3.05) is 13.1 Å². The fourth-order valence-electron chi connectivity index (χ4n) is 1.78. The molecule has 1 aliphatic rings. The van der Waals surface area contributed by atoms with Gasteiger partial charge in [0.15, 0.2) is 0 Å². The van der Waals surface area contributed by atoms with Gasteiger partial charge < -0.3 is 4.90 Å². The molecule has 1 aliphatic heterocycles. The maximum atomic E-state index is 12.1. The number of hydrogen-bond donors (Lipinski definition) is 2. The van der Waals surface area contributed by atoms with Crippen LogP contribution in [-0.2, 0) is 9.59 Å². The maximum absolute atomic E-state index is 12.1. The largest absolute Gasteiger partial charge is 0.341 e. The molecular formula is C11H21N3O2. The predicted molar refractivity (Wildman–Crippen MR) is 61.5 cm³/mol. The first kappa shape index (κ1) is 13.0. The van der Waals surface area contributed by atoms with E-state index in [1.807, 2.05) is 4.90 Å². The molecule has 1 atom stereocenters. The number of carbonyl (C=O) groups excluding carboxylic acids is 2. The van der Waals surface area contributed by atoms with Gasteiger partial charge in [-0.1, -0.05) is 20.3 Å². The smallest absolute Gasteiger partial charge is 0.242 e. The van der Waals surface area contributed by atoms with Crippen molar-refractivity contribution in [3.8, 4) is 0 Å². The molecule has 2 N–H and O–H groups in total. The van der Waals surface area contributed by atoms with E-state index in [4.69, 9.17) is 0 Å². The lowest BCUT2D eigenvalue weighted by Gasteiger charge is -2.24. The van der Waals surface area contributed by atoms with Crippen LogP contribution in [0.15, 0.2) is 0 Å². The minimum absolute atomic E-state index is 0.0358. The molecule has 0 radical (unpaired) electrons. The van der Waals surface area contributed by atoms with Crippen LogP contribution in [0.5, 0.6) is 0 Å². The van der Waals surface area contributed by atoms with E-state index in [0.29, 0.717) is 0 Å². The van der Waals surface area contributed by atoms with E-state index in [1.54, 1.807) is 0 Å². The molecule has 5 heteroatoms. The van der Waals surface area contributed by atoms with Crippen LogP contribution in [-0.4, -0.2) is 35.8 Å². The lowest BCUT2D eigenvalue weighted by molar-refractivity contribution is -0.133. The van der Waals surface area contributed by atoms with Crippen LogP contribution in [0.2, 0.25) is 0 Å². The van der Waals surface area contributed by atoms with Crippen LogP contribution in [0.1, 0.15) is 39.5 Å². The van der Waals surface area contributed by atoms with Crippen LogP contribution in [0.4, 0.5) is 0 Å². The molecular weight excluding hydrogens is 206 g/mol. The molecule has 0 saturated carbocycles. The Kier molecular flexibility index (Phi) is 5.25. The van der Waals surface area contributed by atoms with E-state index < -0.39 is 0 Å². The SMILES string of the molecule is CCCCN(CCC)C(=O)C1CC(=O)NN1. The summed E-state index contributed by atoms with van der Waals surface area (Å²) in [6.07, 6.45) is 3.29. The zero-order chi connectivity index (χ0) is 12.0. The molecule has 0 aromatic rings. The Morgan fingerprint density at radius 1 is 1.38 bits per heavy atom. The van der Waals surface area contributed by atoms with Crippen molar-refractivity contribution in [3.05, 3.63) is 0 Å². The second-order valence-electron chi connectivity index (χ2n) is 4.13. The number of hydrogen-bond acceptors (Lipinski definition) is 3. The first-order valence-corrected chi connectivity index (χ1v) is 6.02. The molecule has 0 aromatic carbocycles. The number of nitrogens with one attached hydrogen (secondary N) is 2. The standard InChI is InChI=1S/C11H21N3O2/c1-3-5-7-14(6-4-2)11(16)9-8-10(15)13-12-9/h9,12H,3-8H2,1-2H3,(H,13,15). The van der Waals surface area contributed by atoms with E-state index in [0.717, 1.165) is 32.4 Å². The van der Waals surface area contributed by atoms with Gasteiger partial charge in [0, 0.05) is 13.1 Å². The summed E-state index contributed by atoms with van der Waals surface area (Å²) in [6, 6.07) is -0.379. The van der Waals surface area contributed by atoms with E-state index in [1.165, 1.54) is 0 Å². The van der Waals surface area contributed by atoms with Crippen molar-refractivity contribution in [1.29, 1.82) is 0 Å². The monoisotopic (exact) mass is 227 g/mol. The third-order valence-electron chi connectivity index (χ3n) is 2.66. The Hall–Kier alpha value is -1.10. The highest BCUT2D eigenvalue weighted by Crippen LogP contribution is 2.06. The van der Waals surface area contributed by atoms with Gasteiger partial charge in [-0.3, -0.25) is 15.0 Å². The number of carbonyl (C=O) groups is 2. The highest BCUT2D eigenvalue weighted by molar-refractivity contribution is 5.90. The van der Waals surface area contributed by atoms with Gasteiger partial charge in [0.2, 0.25) is 11.8 Å². The average Bonchev–Trinajstić information content (AvgIpc) is 2.70. The van der Waals surface area contributed by atoms with Crippen LogP contribution in [0.25, 0.3) is 0 Å². The van der Waals surface area contributed by atoms with Gasteiger partial charge in [0.05, 0.1) is 6.42 Å². The Bertz CT molecular complexity index is 256. The third-order valence-corrected chi connectivity index (χ3v) is 2.66. The quantitative estimate of drug-likeness (QED) is 0.691. The van der Waals surface area contributed by atoms with Crippen LogP contribution in [0, 0.1) is 0 Å². The fourth-order valence-corrected chi connectivity index (χ4v) is 1.78. The van der Waals surface area contributed by atoms with Crippen LogP contribution >= 0.6 is 0 Å². The molecule has 1 heterocycles. The maximum Gasteiger partial charge on any atom is 0.242 e. The predicted octanol–water partition coefficient (Wildman–Crippen LogP) is 0.418. The molecule has 1 unspecified atom stereocenters. The summed E-state index contributed by atoms with van der Waals surface area (Å²) < 4.78 is 0. The summed E-state index contributed by atoms with van der Waals surface area (Å²) in [7, 11) is 0. The Balaban J connectivity index is 2.48. The Labute approximate surface area is 96.5 Å². The lowest BCUT2D eigenvalue weighted by Crippen LogP contribution is -2.46. The van der Waals surface area contributed by atoms with Gasteiger partial charge >= 0.3 is 0 Å². The molecule has 0 bridgehead atoms. The lowest BCUT2D eigenvalue weighted by atomic mass is 10.2. The number of unbranched alkanes of at least 4 members (excludes halogenated alkanes) is 1. The molecule has 1 fully saturated rings. The van der Waals surface area contributed by atoms with Crippen molar-refractivity contribution < 1.29 is 9.59 Å². The van der Waals surface area contributed by atoms with Crippen molar-refractivity contribution in [2.24, 2.45) is 0 Å². The second-order valence-corrected chi connectivity index (χ2v) is 4.13. The first-order valence-electron chi connectivity index (χ1n) is 6.02. The van der Waals surface area contributed by atoms with Crippen molar-refractivity contribution in [3.63, 3.8) is 0 Å². The highest BCUT2D eigenvalue weighted by atomic mass is 16.2. The topological polar surface area (TPSA) is 61.4 Å². The van der Waals surface area contributed by atoms with E-state index in [9.17, 15) is 9.59 Å². The van der Waals surface area contributed by atoms with E-state index in [-0.39, 0.29) is 24.3 Å². The van der Waals surface area contributed by atoms with Gasteiger partial charge in [0.1, 0.15) is 6.04 Å². The molecule has 2 amide bonds. The minimum atomic E-state index is -0.379. The molecule has 5 nitrogen and oxygen atoms in total. The Morgan fingerprint density at radius 3 is 2.62 bits per heavy atom. The molecule has 92 valence electrons. The summed E-state index contributed by atoms with van der Waals surface area (Å²) in [5.41, 5.74) is 5.20. The summed E-state index contributed by atoms with van der Waals surface area (Å²) in [5, 5.41) is 0. The molecule has 0 aliphatic carbocycles. The number of nitrogens with zero attached hydrogens (tertiary/aromatic N) is 1. The number of hydrazine groups is 1. The summed E-state index contributed by atoms with van der Waals surface area (Å²) >= 11 is 0. The zero-order valence-electron chi connectivity index (χ0n) is 10.1. The molecule has 1 rings (SSSR count). The molecule has 16 heavy (non-hydrogen) atoms. The number of rotatable bonds is 6.